The van der Waals surface area contributed by atoms with Crippen molar-refractivity contribution >= 4 is 5.91 Å². The van der Waals surface area contributed by atoms with Crippen LogP contribution in [0.2, 0.25) is 0 Å². The highest BCUT2D eigenvalue weighted by atomic mass is 19.1. The minimum absolute atomic E-state index is 0.0734. The number of rotatable bonds is 4. The molecule has 0 aromatic rings. The average Bonchev–Trinajstić information content (AvgIpc) is 1.80. The second-order valence-corrected chi connectivity index (χ2v) is 3.94. The van der Waals surface area contributed by atoms with Crippen LogP contribution in [0.3, 0.4) is 0 Å². The summed E-state index contributed by atoms with van der Waals surface area (Å²) in [5.41, 5.74) is -1.24. The topological polar surface area (TPSA) is 29.1 Å². The number of hydrogen-bond acceptors (Lipinski definition) is 1. The third kappa shape index (κ3) is 7.51. The molecule has 0 aliphatic heterocycles. The SMILES string of the molecule is CC(C)NC(=O)CCC(C)(C)F. The molecule has 0 bridgehead atoms. The predicted octanol–water partition coefficient (Wildman–Crippen LogP) is 2.04. The lowest BCUT2D eigenvalue weighted by atomic mass is 10.0. The van der Waals surface area contributed by atoms with E-state index in [9.17, 15) is 9.18 Å². The van der Waals surface area contributed by atoms with E-state index in [1.807, 2.05) is 13.8 Å². The van der Waals surface area contributed by atoms with Crippen molar-refractivity contribution in [2.45, 2.75) is 52.2 Å². The molecule has 0 radical (unpaired) electrons. The average molecular weight is 175 g/mol. The minimum Gasteiger partial charge on any atom is -0.354 e. The monoisotopic (exact) mass is 175 g/mol. The molecule has 1 amide bonds. The van der Waals surface area contributed by atoms with E-state index >= 15 is 0 Å². The van der Waals surface area contributed by atoms with Crippen molar-refractivity contribution in [3.05, 3.63) is 0 Å². The van der Waals surface area contributed by atoms with Gasteiger partial charge in [0.25, 0.3) is 0 Å². The summed E-state index contributed by atoms with van der Waals surface area (Å²) in [7, 11) is 0. The van der Waals surface area contributed by atoms with Crippen molar-refractivity contribution in [2.24, 2.45) is 0 Å². The van der Waals surface area contributed by atoms with Crippen molar-refractivity contribution in [2.75, 3.05) is 0 Å². The van der Waals surface area contributed by atoms with Crippen molar-refractivity contribution in [3.8, 4) is 0 Å². The van der Waals surface area contributed by atoms with E-state index in [1.165, 1.54) is 13.8 Å². The zero-order valence-electron chi connectivity index (χ0n) is 8.28. The Kier molecular flexibility index (Phi) is 4.21. The Bertz CT molecular complexity index is 149. The number of nitrogens with one attached hydrogen (secondary N) is 1. The van der Waals surface area contributed by atoms with E-state index in [-0.39, 0.29) is 24.8 Å². The smallest absolute Gasteiger partial charge is 0.220 e. The van der Waals surface area contributed by atoms with Gasteiger partial charge >= 0.3 is 0 Å². The Labute approximate surface area is 73.5 Å². The van der Waals surface area contributed by atoms with Gasteiger partial charge in [0, 0.05) is 12.5 Å². The summed E-state index contributed by atoms with van der Waals surface area (Å²) in [5.74, 6) is -0.0734. The van der Waals surface area contributed by atoms with Gasteiger partial charge < -0.3 is 5.32 Å². The standard InChI is InChI=1S/C9H18FNO/c1-7(2)11-8(12)5-6-9(3,4)10/h7H,5-6H2,1-4H3,(H,11,12). The van der Waals surface area contributed by atoms with Crippen LogP contribution in [-0.2, 0) is 4.79 Å². The lowest BCUT2D eigenvalue weighted by Crippen LogP contribution is -2.31. The third-order valence-corrected chi connectivity index (χ3v) is 1.40. The zero-order chi connectivity index (χ0) is 9.78. The molecule has 0 unspecified atom stereocenters. The van der Waals surface area contributed by atoms with Crippen LogP contribution in [-0.4, -0.2) is 17.6 Å². The van der Waals surface area contributed by atoms with Crippen LogP contribution in [0.1, 0.15) is 40.5 Å². The Balaban J connectivity index is 3.58. The number of alkyl halides is 1. The van der Waals surface area contributed by atoms with Crippen LogP contribution in [0.4, 0.5) is 4.39 Å². The van der Waals surface area contributed by atoms with E-state index in [2.05, 4.69) is 5.32 Å². The first kappa shape index (κ1) is 11.4. The van der Waals surface area contributed by atoms with Crippen LogP contribution < -0.4 is 5.32 Å². The molecule has 0 saturated heterocycles. The molecule has 0 saturated carbocycles. The number of amides is 1. The van der Waals surface area contributed by atoms with Crippen LogP contribution in [0.25, 0.3) is 0 Å². The first-order valence-corrected chi connectivity index (χ1v) is 4.29. The van der Waals surface area contributed by atoms with Gasteiger partial charge in [-0.3, -0.25) is 4.79 Å². The summed E-state index contributed by atoms with van der Waals surface area (Å²) in [4.78, 5) is 11.0. The summed E-state index contributed by atoms with van der Waals surface area (Å²) in [6.45, 7) is 6.74. The second kappa shape index (κ2) is 4.43. The fourth-order valence-electron chi connectivity index (χ4n) is 0.805. The van der Waals surface area contributed by atoms with Crippen LogP contribution >= 0.6 is 0 Å². The highest BCUT2D eigenvalue weighted by Gasteiger charge is 2.17. The molecular formula is C9H18FNO. The molecule has 0 aromatic carbocycles. The number of hydrogen-bond donors (Lipinski definition) is 1. The normalized spacial score (nSPS) is 11.8. The van der Waals surface area contributed by atoms with Gasteiger partial charge in [-0.2, -0.15) is 0 Å². The maximum absolute atomic E-state index is 12.9. The van der Waals surface area contributed by atoms with E-state index in [1.54, 1.807) is 0 Å². The summed E-state index contributed by atoms with van der Waals surface area (Å²) in [6, 6.07) is 0.139. The predicted molar refractivity (Wildman–Crippen MR) is 47.7 cm³/mol. The van der Waals surface area contributed by atoms with E-state index in [4.69, 9.17) is 0 Å². The minimum atomic E-state index is -1.24. The molecule has 0 rings (SSSR count). The molecule has 2 nitrogen and oxygen atoms in total. The third-order valence-electron chi connectivity index (χ3n) is 1.40. The van der Waals surface area contributed by atoms with Crippen LogP contribution in [0.5, 0.6) is 0 Å². The van der Waals surface area contributed by atoms with Gasteiger partial charge in [0.05, 0.1) is 0 Å². The lowest BCUT2D eigenvalue weighted by Gasteiger charge is -2.14. The zero-order valence-corrected chi connectivity index (χ0v) is 8.28. The van der Waals surface area contributed by atoms with Crippen LogP contribution in [0.15, 0.2) is 0 Å². The van der Waals surface area contributed by atoms with Gasteiger partial charge in [-0.05, 0) is 34.1 Å². The molecule has 1 N–H and O–H groups in total. The number of carbonyl (C=O) groups excluding carboxylic acids is 1. The maximum atomic E-state index is 12.9. The van der Waals surface area contributed by atoms with Crippen molar-refractivity contribution in [3.63, 3.8) is 0 Å². The first-order valence-electron chi connectivity index (χ1n) is 4.29. The largest absolute Gasteiger partial charge is 0.354 e. The maximum Gasteiger partial charge on any atom is 0.220 e. The van der Waals surface area contributed by atoms with E-state index < -0.39 is 5.67 Å². The van der Waals surface area contributed by atoms with Gasteiger partial charge in [-0.15, -0.1) is 0 Å². The van der Waals surface area contributed by atoms with Crippen molar-refractivity contribution in [1.82, 2.24) is 5.32 Å². The van der Waals surface area contributed by atoms with Crippen LogP contribution in [0, 0.1) is 0 Å². The summed E-state index contributed by atoms with van der Waals surface area (Å²) in [6.07, 6.45) is 0.549. The molecule has 0 fully saturated rings. The molecule has 0 aromatic heterocycles. The highest BCUT2D eigenvalue weighted by molar-refractivity contribution is 5.76. The molecule has 72 valence electrons. The Morgan fingerprint density at radius 2 is 2.00 bits per heavy atom. The summed E-state index contributed by atoms with van der Waals surface area (Å²) >= 11 is 0. The fourth-order valence-corrected chi connectivity index (χ4v) is 0.805. The quantitative estimate of drug-likeness (QED) is 0.696. The number of halogens is 1. The summed E-state index contributed by atoms with van der Waals surface area (Å²) in [5, 5.41) is 2.71. The fraction of sp³-hybridized carbons (Fsp3) is 0.889. The second-order valence-electron chi connectivity index (χ2n) is 3.94. The van der Waals surface area contributed by atoms with Gasteiger partial charge in [-0.1, -0.05) is 0 Å². The van der Waals surface area contributed by atoms with Crippen molar-refractivity contribution < 1.29 is 9.18 Å². The molecule has 0 aliphatic carbocycles. The summed E-state index contributed by atoms with van der Waals surface area (Å²) < 4.78 is 12.9. The van der Waals surface area contributed by atoms with Gasteiger partial charge in [0.15, 0.2) is 0 Å². The first-order chi connectivity index (χ1) is 5.31. The Hall–Kier alpha value is -0.600. The van der Waals surface area contributed by atoms with Gasteiger partial charge in [0.1, 0.15) is 5.67 Å². The molecule has 0 atom stereocenters. The molecule has 0 heterocycles. The molecule has 12 heavy (non-hydrogen) atoms. The molecular weight excluding hydrogens is 157 g/mol. The lowest BCUT2D eigenvalue weighted by molar-refractivity contribution is -0.122. The van der Waals surface area contributed by atoms with Gasteiger partial charge in [-0.25, -0.2) is 4.39 Å². The number of carbonyl (C=O) groups is 1. The van der Waals surface area contributed by atoms with E-state index in [0.29, 0.717) is 0 Å². The molecule has 3 heteroatoms. The Morgan fingerprint density at radius 1 is 1.50 bits per heavy atom. The molecule has 0 aliphatic rings. The van der Waals surface area contributed by atoms with Gasteiger partial charge in [0.2, 0.25) is 5.91 Å². The van der Waals surface area contributed by atoms with E-state index in [0.717, 1.165) is 0 Å². The Morgan fingerprint density at radius 3 is 2.33 bits per heavy atom. The highest BCUT2D eigenvalue weighted by Crippen LogP contribution is 2.15. The van der Waals surface area contributed by atoms with Crippen molar-refractivity contribution in [1.29, 1.82) is 0 Å². The molecule has 0 spiro atoms.